The predicted octanol–water partition coefficient (Wildman–Crippen LogP) is 4.05. The maximum atomic E-state index is 12.1. The van der Waals surface area contributed by atoms with Gasteiger partial charge >= 0.3 is 0 Å². The number of nitrogens with zero attached hydrogens (tertiary/aromatic N) is 1. The molecule has 0 amide bonds. The molecule has 0 fully saturated rings. The topological polar surface area (TPSA) is 38.7 Å². The van der Waals surface area contributed by atoms with Crippen LogP contribution in [0.25, 0.3) is 0 Å². The number of carbonyl (C=O) groups excluding carboxylic acids is 1. The molecule has 0 bridgehead atoms. The third-order valence-electron chi connectivity index (χ3n) is 3.99. The fourth-order valence-corrected chi connectivity index (χ4v) is 2.57. The van der Waals surface area contributed by atoms with Crippen molar-refractivity contribution in [3.05, 3.63) is 83.4 Å². The Kier molecular flexibility index (Phi) is 7.80. The number of rotatable bonds is 9. The van der Waals surface area contributed by atoms with Crippen molar-refractivity contribution in [1.82, 2.24) is 0 Å². The Morgan fingerprint density at radius 3 is 2.48 bits per heavy atom. The number of aliphatic imine (C=N–C) groups is 1. The highest BCUT2D eigenvalue weighted by molar-refractivity contribution is 6.11. The van der Waals surface area contributed by atoms with Crippen LogP contribution in [-0.2, 0) is 22.4 Å². The van der Waals surface area contributed by atoms with Gasteiger partial charge in [0.2, 0.25) is 0 Å². The number of hydrogen-bond acceptors (Lipinski definition) is 3. The van der Waals surface area contributed by atoms with Gasteiger partial charge in [-0.05, 0) is 47.8 Å². The van der Waals surface area contributed by atoms with E-state index in [2.05, 4.69) is 17.1 Å². The van der Waals surface area contributed by atoms with Crippen molar-refractivity contribution < 1.29 is 9.53 Å². The molecule has 0 aliphatic carbocycles. The standard InChI is InChI=1S/C22H25NO2/c1-23-22(20-10-6-9-19(17-20)15-16-25-2)14-13-21(24)12-11-18-7-4-3-5-8-18/h3-10,13-14,17H,11-12,15-16H2,1-2H3/b14-13-,23-22?. The fraction of sp³-hybridized carbons (Fsp3) is 0.273. The minimum atomic E-state index is 0.112. The molecule has 0 aliphatic heterocycles. The Balaban J connectivity index is 1.96. The normalized spacial score (nSPS) is 11.8. The van der Waals surface area contributed by atoms with Gasteiger partial charge < -0.3 is 4.74 Å². The summed E-state index contributed by atoms with van der Waals surface area (Å²) >= 11 is 0. The van der Waals surface area contributed by atoms with Crippen LogP contribution in [-0.4, -0.2) is 32.3 Å². The Hall–Kier alpha value is -2.52. The lowest BCUT2D eigenvalue weighted by Crippen LogP contribution is -2.02. The molecule has 0 radical (unpaired) electrons. The lowest BCUT2D eigenvalue weighted by atomic mass is 10.0. The lowest BCUT2D eigenvalue weighted by Gasteiger charge is -2.05. The number of methoxy groups -OCH3 is 1. The van der Waals surface area contributed by atoms with Crippen molar-refractivity contribution in [2.24, 2.45) is 4.99 Å². The van der Waals surface area contributed by atoms with Gasteiger partial charge in [0.05, 0.1) is 12.3 Å². The Morgan fingerprint density at radius 1 is 1.00 bits per heavy atom. The quantitative estimate of drug-likeness (QED) is 0.512. The third-order valence-corrected chi connectivity index (χ3v) is 3.99. The Labute approximate surface area is 150 Å². The molecule has 0 saturated heterocycles. The van der Waals surface area contributed by atoms with Gasteiger partial charge in [-0.15, -0.1) is 0 Å². The number of hydrogen-bond donors (Lipinski definition) is 0. The summed E-state index contributed by atoms with van der Waals surface area (Å²) in [6.45, 7) is 0.690. The van der Waals surface area contributed by atoms with Crippen LogP contribution in [0.15, 0.2) is 71.7 Å². The summed E-state index contributed by atoms with van der Waals surface area (Å²) in [5.41, 5.74) is 4.21. The second-order valence-electron chi connectivity index (χ2n) is 5.84. The van der Waals surface area contributed by atoms with E-state index in [1.165, 1.54) is 11.1 Å². The second kappa shape index (κ2) is 10.4. The van der Waals surface area contributed by atoms with Crippen LogP contribution >= 0.6 is 0 Å². The average Bonchev–Trinajstić information content (AvgIpc) is 2.66. The molecule has 0 aliphatic rings. The SMILES string of the molecule is CN=C(/C=C\C(=O)CCc1ccccc1)c1cccc(CCOC)c1. The number of carbonyl (C=O) groups is 1. The molecule has 25 heavy (non-hydrogen) atoms. The van der Waals surface area contributed by atoms with Gasteiger partial charge in [-0.1, -0.05) is 48.5 Å². The number of allylic oxidation sites excluding steroid dienone is 2. The zero-order valence-electron chi connectivity index (χ0n) is 14.9. The van der Waals surface area contributed by atoms with Gasteiger partial charge in [-0.2, -0.15) is 0 Å². The van der Waals surface area contributed by atoms with Crippen molar-refractivity contribution in [2.45, 2.75) is 19.3 Å². The first-order chi connectivity index (χ1) is 12.2. The molecule has 0 aromatic heterocycles. The maximum absolute atomic E-state index is 12.1. The molecule has 0 unspecified atom stereocenters. The van der Waals surface area contributed by atoms with Crippen LogP contribution in [0.2, 0.25) is 0 Å². The number of aryl methyl sites for hydroxylation is 1. The largest absolute Gasteiger partial charge is 0.384 e. The molecular weight excluding hydrogens is 310 g/mol. The van der Waals surface area contributed by atoms with Crippen molar-refractivity contribution in [3.63, 3.8) is 0 Å². The van der Waals surface area contributed by atoms with E-state index in [1.54, 1.807) is 20.2 Å². The van der Waals surface area contributed by atoms with Crippen molar-refractivity contribution in [3.8, 4) is 0 Å². The first-order valence-corrected chi connectivity index (χ1v) is 8.53. The monoisotopic (exact) mass is 335 g/mol. The summed E-state index contributed by atoms with van der Waals surface area (Å²) in [5, 5.41) is 0. The van der Waals surface area contributed by atoms with E-state index in [0.29, 0.717) is 13.0 Å². The van der Waals surface area contributed by atoms with Crippen molar-refractivity contribution in [2.75, 3.05) is 20.8 Å². The number of ketones is 1. The van der Waals surface area contributed by atoms with Crippen molar-refractivity contribution >= 4 is 11.5 Å². The van der Waals surface area contributed by atoms with Crippen LogP contribution in [0.1, 0.15) is 23.1 Å². The summed E-state index contributed by atoms with van der Waals surface area (Å²) in [6.07, 6.45) is 5.57. The van der Waals surface area contributed by atoms with Gasteiger partial charge in [0.25, 0.3) is 0 Å². The van der Waals surface area contributed by atoms with Crippen LogP contribution < -0.4 is 0 Å². The maximum Gasteiger partial charge on any atom is 0.156 e. The minimum absolute atomic E-state index is 0.112. The smallest absolute Gasteiger partial charge is 0.156 e. The first kappa shape index (κ1) is 18.8. The molecule has 0 saturated carbocycles. The summed E-state index contributed by atoms with van der Waals surface area (Å²) in [4.78, 5) is 16.4. The zero-order valence-corrected chi connectivity index (χ0v) is 14.9. The van der Waals surface area contributed by atoms with E-state index in [-0.39, 0.29) is 5.78 Å². The highest BCUT2D eigenvalue weighted by atomic mass is 16.5. The molecule has 0 atom stereocenters. The average molecular weight is 335 g/mol. The molecule has 2 aromatic rings. The molecule has 3 heteroatoms. The van der Waals surface area contributed by atoms with E-state index in [1.807, 2.05) is 48.5 Å². The summed E-state index contributed by atoms with van der Waals surface area (Å²) in [6, 6.07) is 18.2. The van der Waals surface area contributed by atoms with Gasteiger partial charge in [0, 0.05) is 20.6 Å². The number of ether oxygens (including phenoxy) is 1. The van der Waals surface area contributed by atoms with Gasteiger partial charge in [0.15, 0.2) is 5.78 Å². The fourth-order valence-electron chi connectivity index (χ4n) is 2.57. The lowest BCUT2D eigenvalue weighted by molar-refractivity contribution is -0.114. The molecular formula is C22H25NO2. The Morgan fingerprint density at radius 2 is 1.76 bits per heavy atom. The van der Waals surface area contributed by atoms with E-state index in [9.17, 15) is 4.79 Å². The van der Waals surface area contributed by atoms with Gasteiger partial charge in [-0.25, -0.2) is 0 Å². The minimum Gasteiger partial charge on any atom is -0.384 e. The molecule has 2 aromatic carbocycles. The third kappa shape index (κ3) is 6.48. The zero-order chi connectivity index (χ0) is 17.9. The van der Waals surface area contributed by atoms with Crippen LogP contribution in [0.4, 0.5) is 0 Å². The summed E-state index contributed by atoms with van der Waals surface area (Å²) in [7, 11) is 3.45. The number of benzene rings is 2. The van der Waals surface area contributed by atoms with E-state index < -0.39 is 0 Å². The highest BCUT2D eigenvalue weighted by Gasteiger charge is 2.03. The molecule has 0 N–H and O–H groups in total. The van der Waals surface area contributed by atoms with Crippen LogP contribution in [0.3, 0.4) is 0 Å². The van der Waals surface area contributed by atoms with Crippen LogP contribution in [0.5, 0.6) is 0 Å². The first-order valence-electron chi connectivity index (χ1n) is 8.53. The summed E-state index contributed by atoms with van der Waals surface area (Å²) < 4.78 is 5.13. The van der Waals surface area contributed by atoms with Crippen molar-refractivity contribution in [1.29, 1.82) is 0 Å². The van der Waals surface area contributed by atoms with Gasteiger partial charge in [0.1, 0.15) is 0 Å². The van der Waals surface area contributed by atoms with E-state index >= 15 is 0 Å². The van der Waals surface area contributed by atoms with Gasteiger partial charge in [-0.3, -0.25) is 9.79 Å². The predicted molar refractivity (Wildman–Crippen MR) is 103 cm³/mol. The molecule has 2 rings (SSSR count). The summed E-state index contributed by atoms with van der Waals surface area (Å²) in [5.74, 6) is 0.112. The molecule has 3 nitrogen and oxygen atoms in total. The van der Waals surface area contributed by atoms with E-state index in [0.717, 1.165) is 24.1 Å². The second-order valence-corrected chi connectivity index (χ2v) is 5.84. The van der Waals surface area contributed by atoms with Crippen LogP contribution in [0, 0.1) is 0 Å². The molecule has 130 valence electrons. The highest BCUT2D eigenvalue weighted by Crippen LogP contribution is 2.09. The molecule has 0 heterocycles. The Bertz CT molecular complexity index is 733. The van der Waals surface area contributed by atoms with E-state index in [4.69, 9.17) is 4.74 Å². The molecule has 0 spiro atoms.